The SMILES string of the molecule is Cc1ccc(Br)cc1NC(=O)C1CC2CCCCC2N1. The molecule has 3 unspecified atom stereocenters. The smallest absolute Gasteiger partial charge is 0.241 e. The Balaban J connectivity index is 1.66. The largest absolute Gasteiger partial charge is 0.324 e. The van der Waals surface area contributed by atoms with Crippen molar-refractivity contribution in [2.45, 2.75) is 51.1 Å². The molecule has 1 saturated carbocycles. The molecule has 0 aromatic heterocycles. The van der Waals surface area contributed by atoms with Crippen molar-refractivity contribution in [1.29, 1.82) is 0 Å². The highest BCUT2D eigenvalue weighted by Gasteiger charge is 2.38. The van der Waals surface area contributed by atoms with Gasteiger partial charge in [-0.1, -0.05) is 34.8 Å². The number of aryl methyl sites for hydroxylation is 1. The van der Waals surface area contributed by atoms with Crippen LogP contribution in [0.3, 0.4) is 0 Å². The van der Waals surface area contributed by atoms with Crippen LogP contribution in [0, 0.1) is 12.8 Å². The summed E-state index contributed by atoms with van der Waals surface area (Å²) >= 11 is 3.45. The molecule has 1 aliphatic carbocycles. The van der Waals surface area contributed by atoms with Gasteiger partial charge in [0.2, 0.25) is 5.91 Å². The molecule has 2 aliphatic rings. The second-order valence-electron chi connectivity index (χ2n) is 6.05. The average Bonchev–Trinajstić information content (AvgIpc) is 2.87. The Kier molecular flexibility index (Phi) is 4.13. The van der Waals surface area contributed by atoms with Crippen LogP contribution in [0.15, 0.2) is 22.7 Å². The van der Waals surface area contributed by atoms with E-state index in [-0.39, 0.29) is 11.9 Å². The summed E-state index contributed by atoms with van der Waals surface area (Å²) in [6.07, 6.45) is 6.11. The number of hydrogen-bond acceptors (Lipinski definition) is 2. The van der Waals surface area contributed by atoms with Gasteiger partial charge in [-0.3, -0.25) is 4.79 Å². The van der Waals surface area contributed by atoms with Crippen LogP contribution in [0.25, 0.3) is 0 Å². The lowest BCUT2D eigenvalue weighted by molar-refractivity contribution is -0.117. The highest BCUT2D eigenvalue weighted by atomic mass is 79.9. The molecule has 2 fully saturated rings. The molecule has 1 amide bonds. The summed E-state index contributed by atoms with van der Waals surface area (Å²) < 4.78 is 0.992. The van der Waals surface area contributed by atoms with Crippen LogP contribution in [0.1, 0.15) is 37.7 Å². The minimum atomic E-state index is -0.0264. The summed E-state index contributed by atoms with van der Waals surface area (Å²) in [5.41, 5.74) is 2.00. The zero-order valence-electron chi connectivity index (χ0n) is 11.8. The van der Waals surface area contributed by atoms with Crippen molar-refractivity contribution in [1.82, 2.24) is 5.32 Å². The minimum Gasteiger partial charge on any atom is -0.324 e. The van der Waals surface area contributed by atoms with Gasteiger partial charge < -0.3 is 10.6 Å². The number of fused-ring (bicyclic) bond motifs is 1. The number of hydrogen-bond donors (Lipinski definition) is 2. The van der Waals surface area contributed by atoms with Gasteiger partial charge >= 0.3 is 0 Å². The second-order valence-corrected chi connectivity index (χ2v) is 6.97. The molecule has 3 nitrogen and oxygen atoms in total. The molecule has 3 atom stereocenters. The number of halogens is 1. The van der Waals surface area contributed by atoms with Gasteiger partial charge in [0.15, 0.2) is 0 Å². The molecule has 108 valence electrons. The first-order valence-electron chi connectivity index (χ1n) is 7.46. The molecule has 1 aromatic rings. The van der Waals surface area contributed by atoms with Gasteiger partial charge in [0.25, 0.3) is 0 Å². The number of rotatable bonds is 2. The van der Waals surface area contributed by atoms with E-state index in [0.717, 1.165) is 22.1 Å². The number of anilines is 1. The molecule has 20 heavy (non-hydrogen) atoms. The van der Waals surface area contributed by atoms with E-state index < -0.39 is 0 Å². The molecular weight excluding hydrogens is 316 g/mol. The summed E-state index contributed by atoms with van der Waals surface area (Å²) in [5.74, 6) is 0.809. The van der Waals surface area contributed by atoms with E-state index in [1.807, 2.05) is 25.1 Å². The lowest BCUT2D eigenvalue weighted by Crippen LogP contribution is -2.40. The number of carbonyl (C=O) groups excluding carboxylic acids is 1. The number of amides is 1. The van der Waals surface area contributed by atoms with Crippen LogP contribution < -0.4 is 10.6 Å². The van der Waals surface area contributed by atoms with Crippen LogP contribution in [-0.2, 0) is 4.79 Å². The van der Waals surface area contributed by atoms with Gasteiger partial charge in [-0.2, -0.15) is 0 Å². The maximum atomic E-state index is 12.4. The summed E-state index contributed by atoms with van der Waals surface area (Å²) in [5, 5.41) is 6.59. The molecule has 1 aliphatic heterocycles. The molecular formula is C16H21BrN2O. The molecule has 0 spiro atoms. The zero-order valence-corrected chi connectivity index (χ0v) is 13.4. The predicted molar refractivity (Wildman–Crippen MR) is 84.8 cm³/mol. The highest BCUT2D eigenvalue weighted by Crippen LogP contribution is 2.33. The van der Waals surface area contributed by atoms with Gasteiger partial charge in [-0.25, -0.2) is 0 Å². The van der Waals surface area contributed by atoms with Gasteiger partial charge in [-0.15, -0.1) is 0 Å². The van der Waals surface area contributed by atoms with Crippen molar-refractivity contribution in [3.63, 3.8) is 0 Å². The van der Waals surface area contributed by atoms with Gasteiger partial charge in [0.05, 0.1) is 6.04 Å². The monoisotopic (exact) mass is 336 g/mol. The van der Waals surface area contributed by atoms with Crippen molar-refractivity contribution in [2.24, 2.45) is 5.92 Å². The zero-order chi connectivity index (χ0) is 14.1. The fourth-order valence-electron chi connectivity index (χ4n) is 3.47. The Hall–Kier alpha value is -0.870. The van der Waals surface area contributed by atoms with Crippen LogP contribution in [-0.4, -0.2) is 18.0 Å². The summed E-state index contributed by atoms with van der Waals surface area (Å²) in [6.45, 7) is 2.02. The first-order chi connectivity index (χ1) is 9.63. The Morgan fingerprint density at radius 1 is 1.35 bits per heavy atom. The molecule has 3 rings (SSSR count). The fraction of sp³-hybridized carbons (Fsp3) is 0.562. The molecule has 0 radical (unpaired) electrons. The molecule has 0 bridgehead atoms. The maximum Gasteiger partial charge on any atom is 0.241 e. The predicted octanol–water partition coefficient (Wildman–Crippen LogP) is 3.62. The average molecular weight is 337 g/mol. The van der Waals surface area contributed by atoms with E-state index in [9.17, 15) is 4.79 Å². The van der Waals surface area contributed by atoms with Crippen molar-refractivity contribution < 1.29 is 4.79 Å². The third-order valence-electron chi connectivity index (χ3n) is 4.64. The van der Waals surface area contributed by atoms with Crippen molar-refractivity contribution in [2.75, 3.05) is 5.32 Å². The van der Waals surface area contributed by atoms with Crippen molar-refractivity contribution >= 4 is 27.5 Å². The fourth-order valence-corrected chi connectivity index (χ4v) is 3.83. The highest BCUT2D eigenvalue weighted by molar-refractivity contribution is 9.10. The lowest BCUT2D eigenvalue weighted by Gasteiger charge is -2.24. The van der Waals surface area contributed by atoms with E-state index in [4.69, 9.17) is 0 Å². The van der Waals surface area contributed by atoms with Gasteiger partial charge in [0, 0.05) is 16.2 Å². The van der Waals surface area contributed by atoms with E-state index in [1.165, 1.54) is 25.7 Å². The summed E-state index contributed by atoms with van der Waals surface area (Å²) in [4.78, 5) is 12.4. The number of benzene rings is 1. The van der Waals surface area contributed by atoms with Gasteiger partial charge in [-0.05, 0) is 49.8 Å². The first kappa shape index (κ1) is 14.1. The standard InChI is InChI=1S/C16H21BrN2O/c1-10-6-7-12(17)9-14(10)19-16(20)15-8-11-4-2-3-5-13(11)18-15/h6-7,9,11,13,15,18H,2-5,8H2,1H3,(H,19,20). The summed E-state index contributed by atoms with van der Waals surface area (Å²) in [7, 11) is 0. The third-order valence-corrected chi connectivity index (χ3v) is 5.13. The molecule has 1 aromatic carbocycles. The van der Waals surface area contributed by atoms with Crippen LogP contribution in [0.2, 0.25) is 0 Å². The quantitative estimate of drug-likeness (QED) is 0.865. The topological polar surface area (TPSA) is 41.1 Å². The Morgan fingerprint density at radius 3 is 2.95 bits per heavy atom. The molecule has 1 saturated heterocycles. The maximum absolute atomic E-state index is 12.4. The van der Waals surface area contributed by atoms with Crippen LogP contribution in [0.4, 0.5) is 5.69 Å². The van der Waals surface area contributed by atoms with E-state index >= 15 is 0 Å². The van der Waals surface area contributed by atoms with Crippen molar-refractivity contribution in [3.8, 4) is 0 Å². The molecule has 4 heteroatoms. The lowest BCUT2D eigenvalue weighted by atomic mass is 9.85. The Morgan fingerprint density at radius 2 is 2.15 bits per heavy atom. The van der Waals surface area contributed by atoms with E-state index in [1.54, 1.807) is 0 Å². The van der Waals surface area contributed by atoms with Crippen molar-refractivity contribution in [3.05, 3.63) is 28.2 Å². The number of nitrogens with one attached hydrogen (secondary N) is 2. The molecule has 1 heterocycles. The first-order valence-corrected chi connectivity index (χ1v) is 8.26. The number of carbonyl (C=O) groups is 1. The molecule has 2 N–H and O–H groups in total. The normalized spacial score (nSPS) is 29.0. The Labute approximate surface area is 128 Å². The van der Waals surface area contributed by atoms with Crippen LogP contribution in [0.5, 0.6) is 0 Å². The van der Waals surface area contributed by atoms with Gasteiger partial charge in [0.1, 0.15) is 0 Å². The summed E-state index contributed by atoms with van der Waals surface area (Å²) in [6, 6.07) is 6.51. The minimum absolute atomic E-state index is 0.0264. The van der Waals surface area contributed by atoms with E-state index in [2.05, 4.69) is 26.6 Å². The van der Waals surface area contributed by atoms with E-state index in [0.29, 0.717) is 12.0 Å². The second kappa shape index (κ2) is 5.86. The third kappa shape index (κ3) is 2.91. The van der Waals surface area contributed by atoms with Crippen LogP contribution >= 0.6 is 15.9 Å². The Bertz CT molecular complexity index is 503.